The van der Waals surface area contributed by atoms with E-state index < -0.39 is 0 Å². The lowest BCUT2D eigenvalue weighted by atomic mass is 10.1. The van der Waals surface area contributed by atoms with E-state index in [2.05, 4.69) is 21.6 Å². The zero-order valence-electron chi connectivity index (χ0n) is 11.5. The Bertz CT molecular complexity index is 401. The normalized spacial score (nSPS) is 15.5. The summed E-state index contributed by atoms with van der Waals surface area (Å²) in [6.45, 7) is 4.62. The first-order valence-corrected chi connectivity index (χ1v) is 7.91. The van der Waals surface area contributed by atoms with Crippen molar-refractivity contribution in [1.29, 1.82) is 0 Å². The van der Waals surface area contributed by atoms with Crippen LogP contribution in [0.2, 0.25) is 0 Å². The first-order chi connectivity index (χ1) is 9.29. The molecule has 0 bridgehead atoms. The van der Waals surface area contributed by atoms with E-state index in [-0.39, 0.29) is 5.91 Å². The number of nitrogens with one attached hydrogen (secondary N) is 1. The SMILES string of the molecule is CCCc1nsc(NCCC(=O)N2CCCCC2)n1. The fourth-order valence-electron chi connectivity index (χ4n) is 2.23. The highest BCUT2D eigenvalue weighted by Crippen LogP contribution is 2.13. The van der Waals surface area contributed by atoms with Gasteiger partial charge in [-0.3, -0.25) is 4.79 Å². The van der Waals surface area contributed by atoms with Crippen LogP contribution < -0.4 is 5.32 Å². The number of nitrogens with zero attached hydrogens (tertiary/aromatic N) is 3. The van der Waals surface area contributed by atoms with Gasteiger partial charge in [-0.1, -0.05) is 6.92 Å². The van der Waals surface area contributed by atoms with Crippen molar-refractivity contribution in [3.63, 3.8) is 0 Å². The molecule has 0 spiro atoms. The maximum Gasteiger partial charge on any atom is 0.224 e. The minimum atomic E-state index is 0.255. The van der Waals surface area contributed by atoms with Crippen molar-refractivity contribution in [1.82, 2.24) is 14.3 Å². The Morgan fingerprint density at radius 2 is 2.16 bits per heavy atom. The minimum Gasteiger partial charge on any atom is -0.360 e. The number of amides is 1. The Balaban J connectivity index is 1.68. The first kappa shape index (κ1) is 14.2. The molecule has 2 rings (SSSR count). The molecule has 106 valence electrons. The summed E-state index contributed by atoms with van der Waals surface area (Å²) >= 11 is 1.38. The third-order valence-corrected chi connectivity index (χ3v) is 3.98. The topological polar surface area (TPSA) is 58.1 Å². The van der Waals surface area contributed by atoms with Crippen LogP contribution in [-0.4, -0.2) is 39.8 Å². The Hall–Kier alpha value is -1.17. The summed E-state index contributed by atoms with van der Waals surface area (Å²) in [5.74, 6) is 1.16. The zero-order chi connectivity index (χ0) is 13.5. The molecule has 1 aromatic heterocycles. The van der Waals surface area contributed by atoms with E-state index in [4.69, 9.17) is 0 Å². The second-order valence-corrected chi connectivity index (χ2v) is 5.64. The Labute approximate surface area is 118 Å². The summed E-state index contributed by atoms with van der Waals surface area (Å²) in [5.41, 5.74) is 0. The first-order valence-electron chi connectivity index (χ1n) is 7.14. The van der Waals surface area contributed by atoms with Crippen LogP contribution in [0.5, 0.6) is 0 Å². The quantitative estimate of drug-likeness (QED) is 0.870. The molecule has 1 aliphatic heterocycles. The molecule has 0 saturated carbocycles. The lowest BCUT2D eigenvalue weighted by molar-refractivity contribution is -0.131. The number of carbonyl (C=O) groups excluding carboxylic acids is 1. The molecule has 2 heterocycles. The summed E-state index contributed by atoms with van der Waals surface area (Å²) in [4.78, 5) is 18.3. The van der Waals surface area contributed by atoms with Gasteiger partial charge >= 0.3 is 0 Å². The fourth-order valence-corrected chi connectivity index (χ4v) is 2.87. The molecule has 1 aliphatic rings. The van der Waals surface area contributed by atoms with Gasteiger partial charge in [0.1, 0.15) is 5.82 Å². The van der Waals surface area contributed by atoms with E-state index >= 15 is 0 Å². The number of anilines is 1. The largest absolute Gasteiger partial charge is 0.360 e. The number of piperidine rings is 1. The van der Waals surface area contributed by atoms with Crippen molar-refractivity contribution in [2.24, 2.45) is 0 Å². The Kier molecular flexibility index (Phi) is 5.57. The van der Waals surface area contributed by atoms with Crippen LogP contribution in [0.25, 0.3) is 0 Å². The third-order valence-electron chi connectivity index (χ3n) is 3.27. The second-order valence-electron chi connectivity index (χ2n) is 4.88. The van der Waals surface area contributed by atoms with Crippen molar-refractivity contribution in [3.8, 4) is 0 Å². The van der Waals surface area contributed by atoms with E-state index in [0.29, 0.717) is 13.0 Å². The number of hydrogen-bond acceptors (Lipinski definition) is 5. The number of carbonyl (C=O) groups is 1. The molecule has 0 aliphatic carbocycles. The van der Waals surface area contributed by atoms with Crippen LogP contribution in [0, 0.1) is 0 Å². The number of aryl methyl sites for hydroxylation is 1. The van der Waals surface area contributed by atoms with Crippen LogP contribution in [0.4, 0.5) is 5.13 Å². The Morgan fingerprint density at radius 1 is 1.37 bits per heavy atom. The summed E-state index contributed by atoms with van der Waals surface area (Å²) in [5, 5.41) is 4.02. The smallest absolute Gasteiger partial charge is 0.224 e. The van der Waals surface area contributed by atoms with Gasteiger partial charge in [-0.25, -0.2) is 4.98 Å². The molecule has 0 radical (unpaired) electrons. The zero-order valence-corrected chi connectivity index (χ0v) is 12.3. The van der Waals surface area contributed by atoms with Gasteiger partial charge < -0.3 is 10.2 Å². The molecule has 0 unspecified atom stereocenters. The van der Waals surface area contributed by atoms with Crippen molar-refractivity contribution in [2.45, 2.75) is 45.4 Å². The molecule has 0 aromatic carbocycles. The van der Waals surface area contributed by atoms with Crippen LogP contribution >= 0.6 is 11.5 Å². The van der Waals surface area contributed by atoms with Crippen molar-refractivity contribution < 1.29 is 4.79 Å². The highest BCUT2D eigenvalue weighted by molar-refractivity contribution is 7.09. The molecule has 1 aromatic rings. The summed E-state index contributed by atoms with van der Waals surface area (Å²) in [6.07, 6.45) is 6.08. The lowest BCUT2D eigenvalue weighted by Gasteiger charge is -2.26. The summed E-state index contributed by atoms with van der Waals surface area (Å²) < 4.78 is 4.27. The summed E-state index contributed by atoms with van der Waals surface area (Å²) in [6, 6.07) is 0. The van der Waals surface area contributed by atoms with Gasteiger partial charge in [0, 0.05) is 44.0 Å². The molecule has 1 fully saturated rings. The molecular weight excluding hydrogens is 260 g/mol. The van der Waals surface area contributed by atoms with Crippen molar-refractivity contribution in [3.05, 3.63) is 5.82 Å². The molecule has 1 saturated heterocycles. The highest BCUT2D eigenvalue weighted by atomic mass is 32.1. The predicted molar refractivity (Wildman–Crippen MR) is 77.4 cm³/mol. The monoisotopic (exact) mass is 282 g/mol. The number of aromatic nitrogens is 2. The van der Waals surface area contributed by atoms with Gasteiger partial charge in [0.15, 0.2) is 0 Å². The molecular formula is C13H22N4OS. The molecule has 19 heavy (non-hydrogen) atoms. The predicted octanol–water partition coefficient (Wildman–Crippen LogP) is 2.31. The number of hydrogen-bond donors (Lipinski definition) is 1. The van der Waals surface area contributed by atoms with E-state index in [1.54, 1.807) is 0 Å². The maximum atomic E-state index is 11.9. The molecule has 1 N–H and O–H groups in total. The van der Waals surface area contributed by atoms with Crippen molar-refractivity contribution >= 4 is 22.6 Å². The minimum absolute atomic E-state index is 0.255. The number of likely N-dealkylation sites (tertiary alicyclic amines) is 1. The number of rotatable bonds is 6. The Morgan fingerprint density at radius 3 is 2.89 bits per heavy atom. The second kappa shape index (κ2) is 7.43. The molecule has 5 nitrogen and oxygen atoms in total. The van der Waals surface area contributed by atoms with Gasteiger partial charge in [-0.05, 0) is 25.7 Å². The lowest BCUT2D eigenvalue weighted by Crippen LogP contribution is -2.36. The molecule has 1 amide bonds. The van der Waals surface area contributed by atoms with Gasteiger partial charge in [0.2, 0.25) is 11.0 Å². The van der Waals surface area contributed by atoms with Crippen LogP contribution in [0.3, 0.4) is 0 Å². The standard InChI is InChI=1S/C13H22N4OS/c1-2-6-11-15-13(19-16-11)14-8-7-12(18)17-9-4-3-5-10-17/h2-10H2,1H3,(H,14,15,16). The fraction of sp³-hybridized carbons (Fsp3) is 0.769. The van der Waals surface area contributed by atoms with Gasteiger partial charge in [-0.2, -0.15) is 4.37 Å². The van der Waals surface area contributed by atoms with Gasteiger partial charge in [-0.15, -0.1) is 0 Å². The van der Waals surface area contributed by atoms with E-state index in [9.17, 15) is 4.79 Å². The van der Waals surface area contributed by atoms with E-state index in [0.717, 1.165) is 49.7 Å². The van der Waals surface area contributed by atoms with Crippen LogP contribution in [0.15, 0.2) is 0 Å². The van der Waals surface area contributed by atoms with E-state index in [1.807, 2.05) is 4.90 Å². The molecule has 6 heteroatoms. The van der Waals surface area contributed by atoms with E-state index in [1.165, 1.54) is 18.0 Å². The van der Waals surface area contributed by atoms with Crippen molar-refractivity contribution in [2.75, 3.05) is 25.0 Å². The van der Waals surface area contributed by atoms with Gasteiger partial charge in [0.05, 0.1) is 0 Å². The maximum absolute atomic E-state index is 11.9. The van der Waals surface area contributed by atoms with Crippen LogP contribution in [-0.2, 0) is 11.2 Å². The van der Waals surface area contributed by atoms with Gasteiger partial charge in [0.25, 0.3) is 0 Å². The highest BCUT2D eigenvalue weighted by Gasteiger charge is 2.15. The molecule has 0 atom stereocenters. The average molecular weight is 282 g/mol. The van der Waals surface area contributed by atoms with Crippen LogP contribution in [0.1, 0.15) is 44.9 Å². The third kappa shape index (κ3) is 4.45. The average Bonchev–Trinajstić information content (AvgIpc) is 2.88. The summed E-state index contributed by atoms with van der Waals surface area (Å²) in [7, 11) is 0.